The van der Waals surface area contributed by atoms with Gasteiger partial charge in [0, 0.05) is 37.7 Å². The van der Waals surface area contributed by atoms with E-state index in [9.17, 15) is 9.59 Å². The normalized spacial score (nSPS) is 17.0. The van der Waals surface area contributed by atoms with E-state index in [1.54, 1.807) is 28.8 Å². The summed E-state index contributed by atoms with van der Waals surface area (Å²) < 4.78 is 7.21. The van der Waals surface area contributed by atoms with Gasteiger partial charge in [0.2, 0.25) is 11.9 Å². The maximum absolute atomic E-state index is 12.3. The number of rotatable bonds is 6. The first kappa shape index (κ1) is 22.0. The number of nitrogens with zero attached hydrogens (tertiary/aromatic N) is 4. The second-order valence-corrected chi connectivity index (χ2v) is 7.42. The first-order valence-electron chi connectivity index (χ1n) is 10.0. The number of ether oxygens (including phenoxy) is 1. The van der Waals surface area contributed by atoms with Gasteiger partial charge in [-0.3, -0.25) is 14.9 Å². The molecule has 0 aliphatic carbocycles. The third kappa shape index (κ3) is 5.09. The Bertz CT molecular complexity index is 896. The van der Waals surface area contributed by atoms with E-state index in [0.717, 1.165) is 43.9 Å². The largest absolute Gasteiger partial charge is 0.484 e. The van der Waals surface area contributed by atoms with Crippen LogP contribution in [0.25, 0.3) is 0 Å². The monoisotopic (exact) mass is 434 g/mol. The molecule has 2 aliphatic rings. The molecule has 9 nitrogen and oxygen atoms in total. The van der Waals surface area contributed by atoms with Gasteiger partial charge in [-0.25, -0.2) is 4.68 Å². The molecule has 2 aromatic rings. The molecule has 0 atom stereocenters. The van der Waals surface area contributed by atoms with Crippen molar-refractivity contribution < 1.29 is 14.3 Å². The zero-order valence-corrected chi connectivity index (χ0v) is 17.8. The highest BCUT2D eigenvalue weighted by atomic mass is 35.5. The summed E-state index contributed by atoms with van der Waals surface area (Å²) >= 11 is 0. The number of benzene rings is 1. The molecule has 2 amide bonds. The summed E-state index contributed by atoms with van der Waals surface area (Å²) in [5.74, 6) is 1.87. The predicted molar refractivity (Wildman–Crippen MR) is 115 cm³/mol. The molecule has 0 unspecified atom stereocenters. The van der Waals surface area contributed by atoms with Crippen LogP contribution in [0.15, 0.2) is 24.3 Å². The maximum atomic E-state index is 12.3. The van der Waals surface area contributed by atoms with Gasteiger partial charge in [-0.2, -0.15) is 10.1 Å². The van der Waals surface area contributed by atoms with Crippen LogP contribution in [0.2, 0.25) is 0 Å². The van der Waals surface area contributed by atoms with Crippen molar-refractivity contribution in [1.82, 2.24) is 20.1 Å². The van der Waals surface area contributed by atoms with Gasteiger partial charge in [0.25, 0.3) is 5.91 Å². The van der Waals surface area contributed by atoms with Crippen LogP contribution in [-0.2, 0) is 16.6 Å². The standard InChI is InChI=1S/C20H26N6O3.ClH/c1-25-20(23-19(24-25)14-7-9-21-10-8-14)22-17(27)13-29-16-5-2-4-15(12-16)26-11-3-6-18(26)28;/h2,4-5,12,14,21H,3,6-11,13H2,1H3,(H,22,23,24,27);1H. The lowest BCUT2D eigenvalue weighted by Gasteiger charge is -2.19. The van der Waals surface area contributed by atoms with Crippen molar-refractivity contribution in [3.05, 3.63) is 30.1 Å². The average molecular weight is 435 g/mol. The van der Waals surface area contributed by atoms with Crippen LogP contribution in [0.5, 0.6) is 5.75 Å². The third-order valence-electron chi connectivity index (χ3n) is 5.31. The molecule has 2 saturated heterocycles. The van der Waals surface area contributed by atoms with Crippen molar-refractivity contribution in [2.45, 2.75) is 31.6 Å². The van der Waals surface area contributed by atoms with Crippen molar-refractivity contribution in [1.29, 1.82) is 0 Å². The second kappa shape index (κ2) is 9.90. The smallest absolute Gasteiger partial charge is 0.264 e. The zero-order chi connectivity index (χ0) is 20.2. The van der Waals surface area contributed by atoms with Gasteiger partial charge in [0.15, 0.2) is 12.4 Å². The maximum Gasteiger partial charge on any atom is 0.264 e. The summed E-state index contributed by atoms with van der Waals surface area (Å²) in [6.45, 7) is 2.49. The van der Waals surface area contributed by atoms with Crippen LogP contribution in [0, 0.1) is 0 Å². The lowest BCUT2D eigenvalue weighted by Crippen LogP contribution is -2.27. The minimum Gasteiger partial charge on any atom is -0.484 e. The molecule has 10 heteroatoms. The highest BCUT2D eigenvalue weighted by molar-refractivity contribution is 5.95. The number of carbonyl (C=O) groups excluding carboxylic acids is 2. The Morgan fingerprint density at radius 3 is 2.87 bits per heavy atom. The molecule has 0 bridgehead atoms. The summed E-state index contributed by atoms with van der Waals surface area (Å²) in [6.07, 6.45) is 3.43. The van der Waals surface area contributed by atoms with Gasteiger partial charge in [-0.15, -0.1) is 12.4 Å². The molecule has 2 fully saturated rings. The molecule has 0 radical (unpaired) electrons. The molecule has 0 spiro atoms. The van der Waals surface area contributed by atoms with E-state index in [2.05, 4.69) is 20.7 Å². The number of hydrogen-bond donors (Lipinski definition) is 2. The minimum absolute atomic E-state index is 0. The number of nitrogens with one attached hydrogen (secondary N) is 2. The Kier molecular flexibility index (Phi) is 7.28. The molecule has 2 N–H and O–H groups in total. The number of aromatic nitrogens is 3. The second-order valence-electron chi connectivity index (χ2n) is 7.42. The van der Waals surface area contributed by atoms with Crippen LogP contribution < -0.4 is 20.3 Å². The topological polar surface area (TPSA) is 101 Å². The van der Waals surface area contributed by atoms with E-state index in [-0.39, 0.29) is 30.8 Å². The number of piperidine rings is 1. The fraction of sp³-hybridized carbons (Fsp3) is 0.500. The van der Waals surface area contributed by atoms with E-state index in [1.165, 1.54) is 0 Å². The van der Waals surface area contributed by atoms with Gasteiger partial charge in [-0.1, -0.05) is 6.07 Å². The SMILES string of the molecule is Cl.Cn1nc(C2CCNCC2)nc1NC(=O)COc1cccc(N2CCCC2=O)c1. The number of amides is 2. The fourth-order valence-electron chi connectivity index (χ4n) is 3.74. The molecule has 30 heavy (non-hydrogen) atoms. The molecule has 162 valence electrons. The Morgan fingerprint density at radius 2 is 2.13 bits per heavy atom. The van der Waals surface area contributed by atoms with Crippen molar-refractivity contribution in [2.24, 2.45) is 7.05 Å². The molecule has 0 saturated carbocycles. The van der Waals surface area contributed by atoms with Crippen molar-refractivity contribution in [2.75, 3.05) is 36.5 Å². The first-order valence-corrected chi connectivity index (χ1v) is 10.0. The Morgan fingerprint density at radius 1 is 1.33 bits per heavy atom. The number of anilines is 2. The number of carbonyl (C=O) groups is 2. The van der Waals surface area contributed by atoms with Crippen LogP contribution in [-0.4, -0.2) is 52.8 Å². The van der Waals surface area contributed by atoms with Crippen molar-refractivity contribution >= 4 is 35.9 Å². The number of aryl methyl sites for hydroxylation is 1. The Balaban J connectivity index is 0.00000256. The summed E-state index contributed by atoms with van der Waals surface area (Å²) in [4.78, 5) is 30.5. The van der Waals surface area contributed by atoms with Crippen LogP contribution in [0.3, 0.4) is 0 Å². The molecule has 3 heterocycles. The van der Waals surface area contributed by atoms with E-state index < -0.39 is 0 Å². The van der Waals surface area contributed by atoms with Gasteiger partial charge < -0.3 is 15.0 Å². The van der Waals surface area contributed by atoms with Gasteiger partial charge >= 0.3 is 0 Å². The molecular weight excluding hydrogens is 408 g/mol. The molecule has 2 aliphatic heterocycles. The van der Waals surface area contributed by atoms with Crippen LogP contribution in [0.4, 0.5) is 11.6 Å². The van der Waals surface area contributed by atoms with Gasteiger partial charge in [0.05, 0.1) is 0 Å². The summed E-state index contributed by atoms with van der Waals surface area (Å²) in [6, 6.07) is 7.25. The number of hydrogen-bond acceptors (Lipinski definition) is 6. The van der Waals surface area contributed by atoms with E-state index in [0.29, 0.717) is 30.6 Å². The predicted octanol–water partition coefficient (Wildman–Crippen LogP) is 1.85. The van der Waals surface area contributed by atoms with E-state index >= 15 is 0 Å². The fourth-order valence-corrected chi connectivity index (χ4v) is 3.74. The highest BCUT2D eigenvalue weighted by Gasteiger charge is 2.23. The van der Waals surface area contributed by atoms with E-state index in [4.69, 9.17) is 4.74 Å². The third-order valence-corrected chi connectivity index (χ3v) is 5.31. The Labute approximate surface area is 181 Å². The van der Waals surface area contributed by atoms with Gasteiger partial charge in [-0.05, 0) is 44.5 Å². The minimum atomic E-state index is -0.306. The first-order chi connectivity index (χ1) is 14.1. The Hall–Kier alpha value is -2.65. The molecule has 1 aromatic carbocycles. The lowest BCUT2D eigenvalue weighted by molar-refractivity contribution is -0.118. The summed E-state index contributed by atoms with van der Waals surface area (Å²) in [5.41, 5.74) is 0.797. The van der Waals surface area contributed by atoms with E-state index in [1.807, 2.05) is 12.1 Å². The molecule has 4 rings (SSSR count). The average Bonchev–Trinajstić information content (AvgIpc) is 3.33. The summed E-state index contributed by atoms with van der Waals surface area (Å²) in [7, 11) is 1.77. The van der Waals surface area contributed by atoms with Gasteiger partial charge in [0.1, 0.15) is 5.75 Å². The quantitative estimate of drug-likeness (QED) is 0.719. The lowest BCUT2D eigenvalue weighted by atomic mass is 9.98. The molecular formula is C20H27ClN6O3. The molecule has 1 aromatic heterocycles. The number of halogens is 1. The van der Waals surface area contributed by atoms with Crippen molar-refractivity contribution in [3.63, 3.8) is 0 Å². The summed E-state index contributed by atoms with van der Waals surface area (Å²) in [5, 5.41) is 10.5. The highest BCUT2D eigenvalue weighted by Crippen LogP contribution is 2.26. The zero-order valence-electron chi connectivity index (χ0n) is 17.0. The van der Waals surface area contributed by atoms with Crippen LogP contribution >= 0.6 is 12.4 Å². The van der Waals surface area contributed by atoms with Crippen molar-refractivity contribution in [3.8, 4) is 5.75 Å². The van der Waals surface area contributed by atoms with Crippen LogP contribution in [0.1, 0.15) is 37.4 Å².